The fraction of sp³-hybridized carbons (Fsp3) is 0.650. The molecule has 1 aliphatic heterocycles. The lowest BCUT2D eigenvalue weighted by Crippen LogP contribution is -2.56. The molecule has 0 bridgehead atoms. The summed E-state index contributed by atoms with van der Waals surface area (Å²) in [6.07, 6.45) is 2.14. The first kappa shape index (κ1) is 18.4. The summed E-state index contributed by atoms with van der Waals surface area (Å²) in [5.74, 6) is -0.0664. The number of benzene rings is 1. The number of likely N-dealkylation sites (tertiary alicyclic amines) is 1. The Morgan fingerprint density at radius 1 is 1.28 bits per heavy atom. The standard InChI is InChI=1S/C20H31N3O2/c1-3-23(14-20(24)25)18-9-17(10-18)21-19-13-22(11-15(19)2)12-16-7-5-4-6-8-16/h4-8,15,17-19,21H,3,9-14H2,1-2H3,(H,24,25). The number of nitrogens with zero attached hydrogens (tertiary/aromatic N) is 2. The monoisotopic (exact) mass is 345 g/mol. The van der Waals surface area contributed by atoms with E-state index in [2.05, 4.69) is 52.4 Å². The lowest BCUT2D eigenvalue weighted by molar-refractivity contribution is -0.139. The maximum Gasteiger partial charge on any atom is 0.317 e. The van der Waals surface area contributed by atoms with Gasteiger partial charge in [-0.15, -0.1) is 0 Å². The first-order valence-corrected chi connectivity index (χ1v) is 9.53. The van der Waals surface area contributed by atoms with Crippen LogP contribution in [0.1, 0.15) is 32.3 Å². The molecular formula is C20H31N3O2. The van der Waals surface area contributed by atoms with Gasteiger partial charge in [-0.2, -0.15) is 0 Å². The minimum atomic E-state index is -0.723. The molecule has 1 heterocycles. The number of rotatable bonds is 8. The Morgan fingerprint density at radius 3 is 2.64 bits per heavy atom. The van der Waals surface area contributed by atoms with E-state index in [-0.39, 0.29) is 6.54 Å². The summed E-state index contributed by atoms with van der Waals surface area (Å²) >= 11 is 0. The van der Waals surface area contributed by atoms with Gasteiger partial charge < -0.3 is 10.4 Å². The van der Waals surface area contributed by atoms with Gasteiger partial charge in [0, 0.05) is 37.8 Å². The molecule has 138 valence electrons. The van der Waals surface area contributed by atoms with Gasteiger partial charge in [0.25, 0.3) is 0 Å². The largest absolute Gasteiger partial charge is 0.480 e. The molecule has 2 fully saturated rings. The van der Waals surface area contributed by atoms with E-state index in [4.69, 9.17) is 5.11 Å². The summed E-state index contributed by atoms with van der Waals surface area (Å²) in [5, 5.41) is 12.8. The number of hydrogen-bond donors (Lipinski definition) is 2. The molecule has 1 aromatic rings. The summed E-state index contributed by atoms with van der Waals surface area (Å²) in [6.45, 7) is 8.63. The van der Waals surface area contributed by atoms with Gasteiger partial charge in [-0.1, -0.05) is 44.2 Å². The van der Waals surface area contributed by atoms with E-state index in [9.17, 15) is 4.79 Å². The van der Waals surface area contributed by atoms with E-state index in [0.717, 1.165) is 39.0 Å². The van der Waals surface area contributed by atoms with E-state index in [1.807, 2.05) is 6.92 Å². The molecule has 1 aromatic carbocycles. The van der Waals surface area contributed by atoms with Gasteiger partial charge in [0.1, 0.15) is 0 Å². The first-order valence-electron chi connectivity index (χ1n) is 9.53. The molecule has 0 aromatic heterocycles. The van der Waals surface area contributed by atoms with Crippen molar-refractivity contribution in [3.8, 4) is 0 Å². The zero-order chi connectivity index (χ0) is 17.8. The highest BCUT2D eigenvalue weighted by Crippen LogP contribution is 2.28. The predicted octanol–water partition coefficient (Wildman–Crippen LogP) is 2.03. The third kappa shape index (κ3) is 4.81. The van der Waals surface area contributed by atoms with Crippen LogP contribution in [0.2, 0.25) is 0 Å². The summed E-state index contributed by atoms with van der Waals surface area (Å²) < 4.78 is 0. The van der Waals surface area contributed by atoms with Gasteiger partial charge in [0.15, 0.2) is 0 Å². The molecule has 2 unspecified atom stereocenters. The van der Waals surface area contributed by atoms with Crippen LogP contribution in [0.5, 0.6) is 0 Å². The molecule has 0 radical (unpaired) electrons. The molecule has 1 saturated heterocycles. The Kier molecular flexibility index (Phi) is 6.10. The van der Waals surface area contributed by atoms with Gasteiger partial charge >= 0.3 is 5.97 Å². The van der Waals surface area contributed by atoms with Crippen LogP contribution < -0.4 is 5.32 Å². The third-order valence-corrected chi connectivity index (χ3v) is 5.76. The smallest absolute Gasteiger partial charge is 0.317 e. The van der Waals surface area contributed by atoms with E-state index >= 15 is 0 Å². The van der Waals surface area contributed by atoms with Crippen LogP contribution in [0, 0.1) is 5.92 Å². The molecule has 5 heteroatoms. The first-order chi connectivity index (χ1) is 12.0. The SMILES string of the molecule is CCN(CC(=O)O)C1CC(NC2CN(Cc3ccccc3)CC2C)C1. The van der Waals surface area contributed by atoms with E-state index in [1.165, 1.54) is 5.56 Å². The van der Waals surface area contributed by atoms with Gasteiger partial charge in [-0.3, -0.25) is 14.6 Å². The van der Waals surface area contributed by atoms with Crippen molar-refractivity contribution >= 4 is 5.97 Å². The molecule has 25 heavy (non-hydrogen) atoms. The van der Waals surface area contributed by atoms with Crippen molar-refractivity contribution in [2.45, 2.75) is 51.4 Å². The zero-order valence-corrected chi connectivity index (χ0v) is 15.4. The lowest BCUT2D eigenvalue weighted by Gasteiger charge is -2.43. The van der Waals surface area contributed by atoms with Crippen LogP contribution in [-0.2, 0) is 11.3 Å². The maximum absolute atomic E-state index is 10.9. The normalized spacial score (nSPS) is 29.7. The van der Waals surface area contributed by atoms with Gasteiger partial charge in [0.2, 0.25) is 0 Å². The molecule has 2 N–H and O–H groups in total. The summed E-state index contributed by atoms with van der Waals surface area (Å²) in [4.78, 5) is 15.6. The highest BCUT2D eigenvalue weighted by molar-refractivity contribution is 5.69. The second kappa shape index (κ2) is 8.30. The van der Waals surface area contributed by atoms with Gasteiger partial charge in [-0.25, -0.2) is 0 Å². The molecule has 5 nitrogen and oxygen atoms in total. The highest BCUT2D eigenvalue weighted by Gasteiger charge is 2.37. The van der Waals surface area contributed by atoms with Crippen LogP contribution >= 0.6 is 0 Å². The van der Waals surface area contributed by atoms with E-state index < -0.39 is 5.97 Å². The minimum Gasteiger partial charge on any atom is -0.480 e. The van der Waals surface area contributed by atoms with Crippen molar-refractivity contribution in [1.29, 1.82) is 0 Å². The number of carboxylic acid groups (broad SMARTS) is 1. The van der Waals surface area contributed by atoms with Crippen molar-refractivity contribution in [1.82, 2.24) is 15.1 Å². The second-order valence-corrected chi connectivity index (χ2v) is 7.71. The van der Waals surface area contributed by atoms with Crippen molar-refractivity contribution in [2.24, 2.45) is 5.92 Å². The quantitative estimate of drug-likeness (QED) is 0.755. The Labute approximate surface area is 151 Å². The molecule has 3 rings (SSSR count). The minimum absolute atomic E-state index is 0.165. The Balaban J connectivity index is 1.43. The number of hydrogen-bond acceptors (Lipinski definition) is 4. The van der Waals surface area contributed by atoms with Crippen LogP contribution in [0.3, 0.4) is 0 Å². The van der Waals surface area contributed by atoms with Crippen molar-refractivity contribution in [3.05, 3.63) is 35.9 Å². The average Bonchev–Trinajstić information content (AvgIpc) is 2.88. The summed E-state index contributed by atoms with van der Waals surface area (Å²) in [6, 6.07) is 12.2. The number of carboxylic acids is 1. The van der Waals surface area contributed by atoms with E-state index in [0.29, 0.717) is 24.0 Å². The van der Waals surface area contributed by atoms with Crippen molar-refractivity contribution < 1.29 is 9.90 Å². The van der Waals surface area contributed by atoms with Crippen molar-refractivity contribution in [3.63, 3.8) is 0 Å². The number of nitrogens with one attached hydrogen (secondary N) is 1. The van der Waals surface area contributed by atoms with Crippen LogP contribution in [-0.4, -0.2) is 65.2 Å². The molecule has 2 aliphatic rings. The molecule has 1 aliphatic carbocycles. The van der Waals surface area contributed by atoms with Crippen LogP contribution in [0.4, 0.5) is 0 Å². The van der Waals surface area contributed by atoms with Crippen LogP contribution in [0.15, 0.2) is 30.3 Å². The number of aliphatic carboxylic acids is 1. The van der Waals surface area contributed by atoms with Gasteiger partial charge in [0.05, 0.1) is 6.54 Å². The Bertz CT molecular complexity index is 559. The lowest BCUT2D eigenvalue weighted by atomic mass is 9.84. The van der Waals surface area contributed by atoms with Crippen molar-refractivity contribution in [2.75, 3.05) is 26.2 Å². The second-order valence-electron chi connectivity index (χ2n) is 7.71. The average molecular weight is 345 g/mol. The molecule has 0 spiro atoms. The predicted molar refractivity (Wildman–Crippen MR) is 99.5 cm³/mol. The molecule has 2 atom stereocenters. The molecular weight excluding hydrogens is 314 g/mol. The molecule has 1 saturated carbocycles. The fourth-order valence-electron chi connectivity index (χ4n) is 4.25. The van der Waals surface area contributed by atoms with E-state index in [1.54, 1.807) is 0 Å². The topological polar surface area (TPSA) is 55.8 Å². The number of likely N-dealkylation sites (N-methyl/N-ethyl adjacent to an activating group) is 1. The number of carbonyl (C=O) groups is 1. The Morgan fingerprint density at radius 2 is 2.00 bits per heavy atom. The summed E-state index contributed by atoms with van der Waals surface area (Å²) in [5.41, 5.74) is 1.38. The maximum atomic E-state index is 10.9. The van der Waals surface area contributed by atoms with Crippen LogP contribution in [0.25, 0.3) is 0 Å². The summed E-state index contributed by atoms with van der Waals surface area (Å²) in [7, 11) is 0. The highest BCUT2D eigenvalue weighted by atomic mass is 16.4. The Hall–Kier alpha value is -1.43. The van der Waals surface area contributed by atoms with Gasteiger partial charge in [-0.05, 0) is 30.9 Å². The third-order valence-electron chi connectivity index (χ3n) is 5.76. The zero-order valence-electron chi connectivity index (χ0n) is 15.4. The molecule has 0 amide bonds. The fourth-order valence-corrected chi connectivity index (χ4v) is 4.25.